The molecule has 19 heavy (non-hydrogen) atoms. The molecule has 0 saturated carbocycles. The van der Waals surface area contributed by atoms with Gasteiger partial charge < -0.3 is 14.7 Å². The van der Waals surface area contributed by atoms with Crippen LogP contribution in [0.5, 0.6) is 0 Å². The summed E-state index contributed by atoms with van der Waals surface area (Å²) in [5.74, 6) is 0. The lowest BCUT2D eigenvalue weighted by Crippen LogP contribution is -2.12. The highest BCUT2D eigenvalue weighted by molar-refractivity contribution is 5.56. The Morgan fingerprint density at radius 1 is 0.842 bits per heavy atom. The summed E-state index contributed by atoms with van der Waals surface area (Å²) in [4.78, 5) is 12.3. The molecule has 4 nitrogen and oxygen atoms in total. The highest BCUT2D eigenvalue weighted by Gasteiger charge is 1.96. The first-order chi connectivity index (χ1) is 9.13. The number of carbonyl (C=O) groups is 1. The maximum atomic E-state index is 10.1. The lowest BCUT2D eigenvalue weighted by atomic mass is 10.1. The van der Waals surface area contributed by atoms with Gasteiger partial charge >= 0.3 is 6.16 Å². The molecular weight excluding hydrogens is 242 g/mol. The Morgan fingerprint density at radius 2 is 1.26 bits per heavy atom. The molecular formula is C15H31NO3. The Kier molecular flexibility index (Phi) is 13.1. The van der Waals surface area contributed by atoms with Crippen molar-refractivity contribution in [1.29, 1.82) is 0 Å². The largest absolute Gasteiger partial charge is 0.505 e. The van der Waals surface area contributed by atoms with Crippen LogP contribution in [0, 0.1) is 0 Å². The minimum atomic E-state index is -1.16. The van der Waals surface area contributed by atoms with Gasteiger partial charge in [0.15, 0.2) is 0 Å². The van der Waals surface area contributed by atoms with E-state index in [2.05, 4.69) is 23.7 Å². The highest BCUT2D eigenvalue weighted by atomic mass is 16.7. The molecule has 0 aliphatic carbocycles. The Labute approximate surface area is 118 Å². The van der Waals surface area contributed by atoms with E-state index in [9.17, 15) is 4.79 Å². The first kappa shape index (κ1) is 18.2. The fourth-order valence-corrected chi connectivity index (χ4v) is 2.10. The van der Waals surface area contributed by atoms with Gasteiger partial charge in [0.1, 0.15) is 0 Å². The fourth-order valence-electron chi connectivity index (χ4n) is 2.10. The molecule has 0 aromatic rings. The monoisotopic (exact) mass is 273 g/mol. The number of nitrogens with zero attached hydrogens (tertiary/aromatic N) is 1. The number of hydrogen-bond acceptors (Lipinski definition) is 3. The molecule has 0 aromatic carbocycles. The Morgan fingerprint density at radius 3 is 1.68 bits per heavy atom. The first-order valence-corrected chi connectivity index (χ1v) is 7.63. The third kappa shape index (κ3) is 17.2. The molecule has 0 radical (unpaired) electrons. The van der Waals surface area contributed by atoms with Crippen molar-refractivity contribution in [2.24, 2.45) is 0 Å². The second kappa shape index (κ2) is 13.7. The zero-order chi connectivity index (χ0) is 14.3. The van der Waals surface area contributed by atoms with Gasteiger partial charge in [-0.2, -0.15) is 0 Å². The summed E-state index contributed by atoms with van der Waals surface area (Å²) in [6.07, 6.45) is 11.3. The normalized spacial score (nSPS) is 10.9. The molecule has 0 spiro atoms. The molecule has 0 aliphatic rings. The smallest absolute Gasteiger partial charge is 0.450 e. The van der Waals surface area contributed by atoms with E-state index in [0.717, 1.165) is 12.8 Å². The minimum Gasteiger partial charge on any atom is -0.450 e. The number of carboxylic acid groups (broad SMARTS) is 1. The van der Waals surface area contributed by atoms with Crippen molar-refractivity contribution in [1.82, 2.24) is 4.90 Å². The summed E-state index contributed by atoms with van der Waals surface area (Å²) in [7, 11) is 4.25. The number of ether oxygens (including phenoxy) is 1. The van der Waals surface area contributed by atoms with Gasteiger partial charge in [0.25, 0.3) is 0 Å². The Hall–Kier alpha value is -0.770. The maximum Gasteiger partial charge on any atom is 0.505 e. The first-order valence-electron chi connectivity index (χ1n) is 7.63. The van der Waals surface area contributed by atoms with Crippen LogP contribution in [0.3, 0.4) is 0 Å². The third-order valence-electron chi connectivity index (χ3n) is 3.23. The summed E-state index contributed by atoms with van der Waals surface area (Å²) in [6.45, 7) is 1.56. The number of rotatable bonds is 13. The van der Waals surface area contributed by atoms with Crippen molar-refractivity contribution in [3.8, 4) is 0 Å². The third-order valence-corrected chi connectivity index (χ3v) is 3.23. The standard InChI is InChI=1S/C15H31NO3/c1-16(2)13-11-9-7-5-3-4-6-8-10-12-14-19-15(17)18/h3-14H2,1-2H3,(H,17,18). The van der Waals surface area contributed by atoms with Crippen LogP contribution in [0.25, 0.3) is 0 Å². The van der Waals surface area contributed by atoms with Crippen molar-refractivity contribution in [3.05, 3.63) is 0 Å². The predicted molar refractivity (Wildman–Crippen MR) is 78.7 cm³/mol. The maximum absolute atomic E-state index is 10.1. The van der Waals surface area contributed by atoms with Gasteiger partial charge in [-0.05, 0) is 33.5 Å². The second-order valence-corrected chi connectivity index (χ2v) is 5.45. The number of hydrogen-bond donors (Lipinski definition) is 1. The van der Waals surface area contributed by atoms with Gasteiger partial charge in [-0.3, -0.25) is 0 Å². The van der Waals surface area contributed by atoms with Crippen LogP contribution in [-0.2, 0) is 4.74 Å². The fraction of sp³-hybridized carbons (Fsp3) is 0.933. The summed E-state index contributed by atoms with van der Waals surface area (Å²) in [5, 5.41) is 8.28. The molecule has 0 fully saturated rings. The van der Waals surface area contributed by atoms with Crippen LogP contribution < -0.4 is 0 Å². The molecule has 0 aromatic heterocycles. The van der Waals surface area contributed by atoms with Crippen LogP contribution in [0.1, 0.15) is 64.2 Å². The van der Waals surface area contributed by atoms with E-state index in [0.29, 0.717) is 6.61 Å². The van der Waals surface area contributed by atoms with E-state index >= 15 is 0 Å². The van der Waals surface area contributed by atoms with E-state index in [4.69, 9.17) is 5.11 Å². The van der Waals surface area contributed by atoms with E-state index < -0.39 is 6.16 Å². The SMILES string of the molecule is CN(C)CCCCCCCCCCCCOC(=O)O. The predicted octanol–water partition coefficient (Wildman–Crippen LogP) is 4.14. The van der Waals surface area contributed by atoms with E-state index in [1.165, 1.54) is 57.9 Å². The van der Waals surface area contributed by atoms with Gasteiger partial charge in [0, 0.05) is 0 Å². The van der Waals surface area contributed by atoms with Crippen molar-refractivity contribution in [3.63, 3.8) is 0 Å². The van der Waals surface area contributed by atoms with Crippen LogP contribution in [0.4, 0.5) is 4.79 Å². The summed E-state index contributed by atoms with van der Waals surface area (Å²) in [6, 6.07) is 0. The topological polar surface area (TPSA) is 49.8 Å². The van der Waals surface area contributed by atoms with E-state index in [-0.39, 0.29) is 0 Å². The van der Waals surface area contributed by atoms with Crippen molar-refractivity contribution in [2.45, 2.75) is 64.2 Å². The molecule has 114 valence electrons. The lowest BCUT2D eigenvalue weighted by molar-refractivity contribution is 0.0899. The molecule has 0 unspecified atom stereocenters. The van der Waals surface area contributed by atoms with E-state index in [1.807, 2.05) is 0 Å². The summed E-state index contributed by atoms with van der Waals surface area (Å²) >= 11 is 0. The Bertz CT molecular complexity index is 208. The molecule has 0 saturated heterocycles. The van der Waals surface area contributed by atoms with Crippen molar-refractivity contribution >= 4 is 6.16 Å². The lowest BCUT2D eigenvalue weighted by Gasteiger charge is -2.08. The van der Waals surface area contributed by atoms with Crippen LogP contribution in [0.2, 0.25) is 0 Å². The minimum absolute atomic E-state index is 0.348. The van der Waals surface area contributed by atoms with Crippen molar-refractivity contribution < 1.29 is 14.6 Å². The van der Waals surface area contributed by atoms with Gasteiger partial charge in [-0.15, -0.1) is 0 Å². The van der Waals surface area contributed by atoms with Crippen LogP contribution in [-0.4, -0.2) is 43.4 Å². The van der Waals surface area contributed by atoms with Crippen molar-refractivity contribution in [2.75, 3.05) is 27.2 Å². The van der Waals surface area contributed by atoms with Crippen LogP contribution in [0.15, 0.2) is 0 Å². The number of unbranched alkanes of at least 4 members (excludes halogenated alkanes) is 9. The second-order valence-electron chi connectivity index (χ2n) is 5.45. The average Bonchev–Trinajstić information content (AvgIpc) is 2.34. The quantitative estimate of drug-likeness (QED) is 0.404. The van der Waals surface area contributed by atoms with Gasteiger partial charge in [-0.1, -0.05) is 51.4 Å². The summed E-state index contributed by atoms with van der Waals surface area (Å²) in [5.41, 5.74) is 0. The zero-order valence-corrected chi connectivity index (χ0v) is 12.7. The molecule has 0 atom stereocenters. The highest BCUT2D eigenvalue weighted by Crippen LogP contribution is 2.10. The molecule has 0 bridgehead atoms. The zero-order valence-electron chi connectivity index (χ0n) is 12.7. The van der Waals surface area contributed by atoms with Gasteiger partial charge in [0.2, 0.25) is 0 Å². The molecule has 1 N–H and O–H groups in total. The molecule has 0 aliphatic heterocycles. The van der Waals surface area contributed by atoms with Gasteiger partial charge in [-0.25, -0.2) is 4.79 Å². The van der Waals surface area contributed by atoms with E-state index in [1.54, 1.807) is 0 Å². The summed E-state index contributed by atoms with van der Waals surface area (Å²) < 4.78 is 4.45. The molecule has 4 heteroatoms. The Balaban J connectivity index is 2.97. The van der Waals surface area contributed by atoms with Gasteiger partial charge in [0.05, 0.1) is 6.61 Å². The average molecular weight is 273 g/mol. The van der Waals surface area contributed by atoms with Crippen LogP contribution >= 0.6 is 0 Å². The molecule has 0 amide bonds. The molecule has 0 heterocycles. The molecule has 0 rings (SSSR count).